The van der Waals surface area contributed by atoms with Crippen molar-refractivity contribution >= 4 is 23.5 Å². The first-order valence-corrected chi connectivity index (χ1v) is 8.31. The van der Waals surface area contributed by atoms with E-state index in [0.29, 0.717) is 19.5 Å². The van der Waals surface area contributed by atoms with Crippen LogP contribution in [0.15, 0.2) is 24.3 Å². The highest BCUT2D eigenvalue weighted by molar-refractivity contribution is 5.93. The second kappa shape index (κ2) is 6.26. The number of carbonyl (C=O) groups excluding carboxylic acids is 2. The summed E-state index contributed by atoms with van der Waals surface area (Å²) < 4.78 is 0. The Kier molecular flexibility index (Phi) is 4.30. The molecule has 0 bridgehead atoms. The van der Waals surface area contributed by atoms with Crippen molar-refractivity contribution in [1.82, 2.24) is 4.90 Å². The first-order chi connectivity index (χ1) is 11.4. The number of amides is 2. The van der Waals surface area contributed by atoms with Crippen molar-refractivity contribution in [3.8, 4) is 0 Å². The minimum absolute atomic E-state index is 0.0127. The highest BCUT2D eigenvalue weighted by atomic mass is 16.4. The number of carbonyl (C=O) groups is 3. The summed E-state index contributed by atoms with van der Waals surface area (Å²) in [4.78, 5) is 39.0. The molecule has 2 amide bonds. The van der Waals surface area contributed by atoms with Gasteiger partial charge >= 0.3 is 5.97 Å². The smallest absolute Gasteiger partial charge is 0.303 e. The molecule has 3 rings (SSSR count). The molecule has 0 saturated carbocycles. The molecular formula is C18H22N2O4. The minimum atomic E-state index is -0.962. The van der Waals surface area contributed by atoms with Gasteiger partial charge in [-0.3, -0.25) is 14.4 Å². The van der Waals surface area contributed by atoms with Gasteiger partial charge in [-0.2, -0.15) is 0 Å². The molecule has 1 unspecified atom stereocenters. The second-order valence-corrected chi connectivity index (χ2v) is 6.68. The van der Waals surface area contributed by atoms with E-state index in [-0.39, 0.29) is 24.7 Å². The van der Waals surface area contributed by atoms with Gasteiger partial charge in [0.15, 0.2) is 0 Å². The lowest BCUT2D eigenvalue weighted by molar-refractivity contribution is -0.142. The molecule has 1 spiro atoms. The summed E-state index contributed by atoms with van der Waals surface area (Å²) in [5.74, 6) is -1.12. The zero-order chi connectivity index (χ0) is 17.3. The van der Waals surface area contributed by atoms with E-state index in [1.165, 1.54) is 0 Å². The van der Waals surface area contributed by atoms with Crippen molar-refractivity contribution in [2.75, 3.05) is 18.0 Å². The number of rotatable bonds is 3. The summed E-state index contributed by atoms with van der Waals surface area (Å²) in [7, 11) is 0. The number of aliphatic carboxylic acids is 1. The van der Waals surface area contributed by atoms with E-state index >= 15 is 0 Å². The van der Waals surface area contributed by atoms with Crippen LogP contribution in [-0.2, 0) is 20.8 Å². The van der Waals surface area contributed by atoms with Gasteiger partial charge in [-0.15, -0.1) is 0 Å². The van der Waals surface area contributed by atoms with Crippen molar-refractivity contribution in [1.29, 1.82) is 0 Å². The molecule has 0 aliphatic carbocycles. The van der Waals surface area contributed by atoms with Crippen molar-refractivity contribution in [2.45, 2.75) is 44.6 Å². The molecule has 2 aliphatic rings. The summed E-state index contributed by atoms with van der Waals surface area (Å²) in [6.45, 7) is 2.66. The lowest BCUT2D eigenvalue weighted by atomic mass is 9.83. The Hall–Kier alpha value is -2.37. The highest BCUT2D eigenvalue weighted by Gasteiger charge is 2.48. The van der Waals surface area contributed by atoms with Crippen LogP contribution in [-0.4, -0.2) is 46.4 Å². The van der Waals surface area contributed by atoms with Gasteiger partial charge in [0.05, 0.1) is 12.0 Å². The number of para-hydroxylation sites is 1. The van der Waals surface area contributed by atoms with Gasteiger partial charge in [0.1, 0.15) is 0 Å². The third kappa shape index (κ3) is 2.88. The quantitative estimate of drug-likeness (QED) is 0.917. The molecule has 1 saturated heterocycles. The number of carboxylic acid groups (broad SMARTS) is 1. The lowest BCUT2D eigenvalue weighted by Gasteiger charge is -2.46. The Labute approximate surface area is 141 Å². The van der Waals surface area contributed by atoms with E-state index in [1.54, 1.807) is 11.8 Å². The highest BCUT2D eigenvalue weighted by Crippen LogP contribution is 2.41. The minimum Gasteiger partial charge on any atom is -0.481 e. The van der Waals surface area contributed by atoms with Crippen LogP contribution in [0.25, 0.3) is 0 Å². The average Bonchev–Trinajstić information content (AvgIpc) is 2.94. The number of hydrogen-bond acceptors (Lipinski definition) is 3. The van der Waals surface area contributed by atoms with E-state index in [4.69, 9.17) is 5.11 Å². The Morgan fingerprint density at radius 3 is 2.67 bits per heavy atom. The Balaban J connectivity index is 1.90. The van der Waals surface area contributed by atoms with Crippen LogP contribution < -0.4 is 4.90 Å². The SMILES string of the molecule is CC(=O)N1CC2(CCCN2C(=O)CCC(=O)O)Cc2ccccc21. The van der Waals surface area contributed by atoms with E-state index < -0.39 is 11.5 Å². The fraction of sp³-hybridized carbons (Fsp3) is 0.500. The molecule has 1 fully saturated rings. The van der Waals surface area contributed by atoms with Crippen LogP contribution in [0.2, 0.25) is 0 Å². The van der Waals surface area contributed by atoms with Gasteiger partial charge < -0.3 is 14.9 Å². The van der Waals surface area contributed by atoms with E-state index in [1.807, 2.05) is 29.2 Å². The molecule has 1 atom stereocenters. The van der Waals surface area contributed by atoms with Gasteiger partial charge in [0.25, 0.3) is 0 Å². The molecule has 0 radical (unpaired) electrons. The zero-order valence-corrected chi connectivity index (χ0v) is 13.8. The number of nitrogens with zero attached hydrogens (tertiary/aromatic N) is 2. The van der Waals surface area contributed by atoms with Gasteiger partial charge in [0.2, 0.25) is 11.8 Å². The summed E-state index contributed by atoms with van der Waals surface area (Å²) in [5.41, 5.74) is 1.58. The Morgan fingerprint density at radius 2 is 1.96 bits per heavy atom. The normalized spacial score (nSPS) is 22.5. The number of anilines is 1. The maximum Gasteiger partial charge on any atom is 0.303 e. The summed E-state index contributed by atoms with van der Waals surface area (Å²) in [5, 5.41) is 8.83. The van der Waals surface area contributed by atoms with Crippen LogP contribution >= 0.6 is 0 Å². The number of hydrogen-bond donors (Lipinski definition) is 1. The zero-order valence-electron chi connectivity index (χ0n) is 13.8. The van der Waals surface area contributed by atoms with E-state index in [2.05, 4.69) is 0 Å². The maximum atomic E-state index is 12.6. The number of benzene rings is 1. The molecule has 1 N–H and O–H groups in total. The van der Waals surface area contributed by atoms with Gasteiger partial charge in [-0.25, -0.2) is 0 Å². The average molecular weight is 330 g/mol. The van der Waals surface area contributed by atoms with Gasteiger partial charge in [-0.1, -0.05) is 18.2 Å². The summed E-state index contributed by atoms with van der Waals surface area (Å²) in [6.07, 6.45) is 2.29. The first-order valence-electron chi connectivity index (χ1n) is 8.31. The predicted molar refractivity (Wildman–Crippen MR) is 88.7 cm³/mol. The standard InChI is InChI=1S/C18H22N2O4/c1-13(21)19-12-18(11-14-5-2-3-6-15(14)19)9-4-10-20(18)16(22)7-8-17(23)24/h2-3,5-6H,4,7-12H2,1H3,(H,23,24). The number of likely N-dealkylation sites (tertiary alicyclic amines) is 1. The maximum absolute atomic E-state index is 12.6. The molecule has 128 valence electrons. The molecule has 0 aromatic heterocycles. The monoisotopic (exact) mass is 330 g/mol. The molecule has 2 aliphatic heterocycles. The Bertz CT molecular complexity index is 687. The lowest BCUT2D eigenvalue weighted by Crippen LogP contribution is -2.59. The number of fused-ring (bicyclic) bond motifs is 1. The van der Waals surface area contributed by atoms with Gasteiger partial charge in [0, 0.05) is 32.1 Å². The van der Waals surface area contributed by atoms with Crippen LogP contribution in [0.5, 0.6) is 0 Å². The molecular weight excluding hydrogens is 308 g/mol. The molecule has 24 heavy (non-hydrogen) atoms. The van der Waals surface area contributed by atoms with Crippen LogP contribution in [0.1, 0.15) is 38.2 Å². The second-order valence-electron chi connectivity index (χ2n) is 6.68. The van der Waals surface area contributed by atoms with Crippen molar-refractivity contribution in [3.05, 3.63) is 29.8 Å². The van der Waals surface area contributed by atoms with Gasteiger partial charge in [-0.05, 0) is 30.9 Å². The largest absolute Gasteiger partial charge is 0.481 e. The summed E-state index contributed by atoms with van der Waals surface area (Å²) in [6, 6.07) is 7.80. The van der Waals surface area contributed by atoms with Crippen LogP contribution in [0.4, 0.5) is 5.69 Å². The van der Waals surface area contributed by atoms with E-state index in [9.17, 15) is 14.4 Å². The first kappa shape index (κ1) is 16.5. The van der Waals surface area contributed by atoms with E-state index in [0.717, 1.165) is 24.1 Å². The summed E-state index contributed by atoms with van der Waals surface area (Å²) >= 11 is 0. The van der Waals surface area contributed by atoms with Crippen molar-refractivity contribution in [2.24, 2.45) is 0 Å². The topological polar surface area (TPSA) is 77.9 Å². The van der Waals surface area contributed by atoms with Crippen LogP contribution in [0.3, 0.4) is 0 Å². The van der Waals surface area contributed by atoms with Crippen LogP contribution in [0, 0.1) is 0 Å². The molecule has 1 aromatic carbocycles. The third-order valence-corrected chi connectivity index (χ3v) is 5.08. The third-order valence-electron chi connectivity index (χ3n) is 5.08. The molecule has 6 heteroatoms. The predicted octanol–water partition coefficient (Wildman–Crippen LogP) is 1.82. The molecule has 2 heterocycles. The molecule has 1 aromatic rings. The van der Waals surface area contributed by atoms with Crippen molar-refractivity contribution in [3.63, 3.8) is 0 Å². The fourth-order valence-electron chi connectivity index (χ4n) is 4.02. The Morgan fingerprint density at radius 1 is 1.21 bits per heavy atom. The fourth-order valence-corrected chi connectivity index (χ4v) is 4.02. The molecule has 6 nitrogen and oxygen atoms in total. The number of carboxylic acids is 1. The van der Waals surface area contributed by atoms with Crippen molar-refractivity contribution < 1.29 is 19.5 Å².